The number of hydrogen-bond donors (Lipinski definition) is 1. The lowest BCUT2D eigenvalue weighted by Gasteiger charge is -2.24. The molecule has 1 N–H and O–H groups in total. The maximum absolute atomic E-state index is 13.8. The second kappa shape index (κ2) is 9.56. The van der Waals surface area contributed by atoms with Gasteiger partial charge in [0.1, 0.15) is 15.5 Å². The fraction of sp³-hybridized carbons (Fsp3) is 0.280. The number of aryl methyl sites for hydroxylation is 2. The van der Waals surface area contributed by atoms with Crippen molar-refractivity contribution in [3.05, 3.63) is 65.0 Å². The number of sulfonamides is 1. The quantitative estimate of drug-likeness (QED) is 0.234. The van der Waals surface area contributed by atoms with Crippen LogP contribution >= 0.6 is 23.1 Å². The van der Waals surface area contributed by atoms with E-state index in [1.165, 1.54) is 32.9 Å². The first kappa shape index (κ1) is 23.1. The van der Waals surface area contributed by atoms with Crippen molar-refractivity contribution in [3.8, 4) is 0 Å². The van der Waals surface area contributed by atoms with Gasteiger partial charge in [0, 0.05) is 11.4 Å². The number of thioether (sulfide) groups is 1. The molecule has 0 amide bonds. The van der Waals surface area contributed by atoms with Crippen LogP contribution in [0.4, 0.5) is 17.2 Å². The highest BCUT2D eigenvalue weighted by Gasteiger charge is 2.27. The number of aromatic nitrogens is 2. The lowest BCUT2D eigenvalue weighted by molar-refractivity contribution is 0.592. The molecule has 0 unspecified atom stereocenters. The first-order valence-corrected chi connectivity index (χ1v) is 14.8. The Balaban J connectivity index is 1.62. The average molecular weight is 511 g/mol. The van der Waals surface area contributed by atoms with Crippen LogP contribution in [0.3, 0.4) is 0 Å². The predicted molar refractivity (Wildman–Crippen MR) is 142 cm³/mol. The summed E-state index contributed by atoms with van der Waals surface area (Å²) < 4.78 is 29.0. The molecule has 9 heteroatoms. The molecule has 0 atom stereocenters. The second-order valence-corrected chi connectivity index (χ2v) is 11.8. The van der Waals surface area contributed by atoms with Crippen LogP contribution in [0.5, 0.6) is 0 Å². The van der Waals surface area contributed by atoms with Gasteiger partial charge in [-0.05, 0) is 68.7 Å². The molecule has 176 valence electrons. The highest BCUT2D eigenvalue weighted by atomic mass is 32.2. The fourth-order valence-corrected chi connectivity index (χ4v) is 7.75. The van der Waals surface area contributed by atoms with E-state index in [4.69, 9.17) is 9.97 Å². The van der Waals surface area contributed by atoms with Gasteiger partial charge in [0.25, 0.3) is 10.0 Å². The number of nitrogens with zero attached hydrogens (tertiary/aromatic N) is 3. The number of benzene rings is 2. The molecule has 2 aromatic heterocycles. The minimum atomic E-state index is -3.80. The molecule has 2 aromatic carbocycles. The number of hydrogen-bond acceptors (Lipinski definition) is 7. The SMILES string of the molecule is CCN(c1ccccc1)S(=O)(=O)c1ccccc1Nc1nc(SC)nc2sc3c(c12)CCCC3. The third kappa shape index (κ3) is 4.16. The molecule has 0 saturated carbocycles. The summed E-state index contributed by atoms with van der Waals surface area (Å²) in [5, 5.41) is 5.10. The summed E-state index contributed by atoms with van der Waals surface area (Å²) >= 11 is 3.23. The Labute approximate surface area is 208 Å². The monoisotopic (exact) mass is 510 g/mol. The van der Waals surface area contributed by atoms with Crippen molar-refractivity contribution >= 4 is 60.5 Å². The standard InChI is InChI=1S/C25H26N4O2S3/c1-3-29(17-11-5-4-6-12-17)34(30,31)21-16-10-8-14-19(21)26-23-22-18-13-7-9-15-20(18)33-24(22)28-25(27-23)32-2/h4-6,8,10-12,14,16H,3,7,9,13,15H2,1-2H3,(H,26,27,28). The van der Waals surface area contributed by atoms with Gasteiger partial charge < -0.3 is 5.32 Å². The largest absolute Gasteiger partial charge is 0.338 e. The van der Waals surface area contributed by atoms with E-state index in [9.17, 15) is 8.42 Å². The molecule has 5 rings (SSSR count). The van der Waals surface area contributed by atoms with Crippen LogP contribution in [0.15, 0.2) is 64.6 Å². The molecule has 0 aliphatic heterocycles. The van der Waals surface area contributed by atoms with Crippen molar-refractivity contribution in [2.75, 3.05) is 22.4 Å². The van der Waals surface area contributed by atoms with Crippen LogP contribution in [-0.4, -0.2) is 31.2 Å². The molecule has 1 aliphatic carbocycles. The van der Waals surface area contributed by atoms with Crippen LogP contribution in [0.2, 0.25) is 0 Å². The van der Waals surface area contributed by atoms with Crippen molar-refractivity contribution in [2.45, 2.75) is 42.7 Å². The summed E-state index contributed by atoms with van der Waals surface area (Å²) in [5.74, 6) is 0.680. The van der Waals surface area contributed by atoms with Crippen LogP contribution in [0.1, 0.15) is 30.2 Å². The maximum Gasteiger partial charge on any atom is 0.266 e. The van der Waals surface area contributed by atoms with Gasteiger partial charge >= 0.3 is 0 Å². The Morgan fingerprint density at radius 2 is 1.76 bits per heavy atom. The van der Waals surface area contributed by atoms with Gasteiger partial charge in [0.05, 0.1) is 16.8 Å². The number of para-hydroxylation sites is 2. The molecule has 6 nitrogen and oxygen atoms in total. The van der Waals surface area contributed by atoms with Crippen molar-refractivity contribution in [3.63, 3.8) is 0 Å². The summed E-state index contributed by atoms with van der Waals surface area (Å²) in [5.41, 5.74) is 2.46. The van der Waals surface area contributed by atoms with E-state index in [2.05, 4.69) is 5.32 Å². The molecule has 0 fully saturated rings. The van der Waals surface area contributed by atoms with Crippen molar-refractivity contribution in [1.29, 1.82) is 0 Å². The minimum absolute atomic E-state index is 0.224. The minimum Gasteiger partial charge on any atom is -0.338 e. The Morgan fingerprint density at radius 1 is 1.03 bits per heavy atom. The summed E-state index contributed by atoms with van der Waals surface area (Å²) in [6, 6.07) is 16.3. The summed E-state index contributed by atoms with van der Waals surface area (Å²) in [7, 11) is -3.80. The van der Waals surface area contributed by atoms with Gasteiger partial charge in [-0.15, -0.1) is 11.3 Å². The summed E-state index contributed by atoms with van der Waals surface area (Å²) in [6.45, 7) is 2.17. The van der Waals surface area contributed by atoms with Crippen LogP contribution in [0.25, 0.3) is 10.2 Å². The number of anilines is 3. The lowest BCUT2D eigenvalue weighted by Crippen LogP contribution is -2.31. The Kier molecular flexibility index (Phi) is 6.50. The van der Waals surface area contributed by atoms with Crippen LogP contribution in [0, 0.1) is 0 Å². The van der Waals surface area contributed by atoms with Gasteiger partial charge in [-0.2, -0.15) is 0 Å². The van der Waals surface area contributed by atoms with E-state index in [0.29, 0.717) is 28.9 Å². The third-order valence-corrected chi connectivity index (χ3v) is 9.71. The Bertz CT molecular complexity index is 1440. The van der Waals surface area contributed by atoms with Crippen molar-refractivity contribution in [1.82, 2.24) is 9.97 Å². The van der Waals surface area contributed by atoms with Gasteiger partial charge in [0.2, 0.25) is 0 Å². The van der Waals surface area contributed by atoms with Gasteiger partial charge in [-0.25, -0.2) is 18.4 Å². The van der Waals surface area contributed by atoms with E-state index in [1.54, 1.807) is 29.5 Å². The van der Waals surface area contributed by atoms with E-state index in [0.717, 1.165) is 29.5 Å². The zero-order chi connectivity index (χ0) is 23.7. The van der Waals surface area contributed by atoms with Gasteiger partial charge in [-0.3, -0.25) is 4.31 Å². The number of thiophene rings is 1. The molecule has 0 bridgehead atoms. The molecular weight excluding hydrogens is 485 g/mol. The highest BCUT2D eigenvalue weighted by Crippen LogP contribution is 2.41. The molecule has 0 spiro atoms. The maximum atomic E-state index is 13.8. The normalized spacial score (nSPS) is 13.6. The Hall–Kier alpha value is -2.62. The number of nitrogens with one attached hydrogen (secondary N) is 1. The van der Waals surface area contributed by atoms with E-state index in [-0.39, 0.29) is 4.90 Å². The zero-order valence-electron chi connectivity index (χ0n) is 19.1. The number of rotatable bonds is 7. The first-order valence-electron chi connectivity index (χ1n) is 11.3. The number of fused-ring (bicyclic) bond motifs is 3. The zero-order valence-corrected chi connectivity index (χ0v) is 21.6. The molecule has 4 aromatic rings. The summed E-state index contributed by atoms with van der Waals surface area (Å²) in [4.78, 5) is 12.1. The Morgan fingerprint density at radius 3 is 2.53 bits per heavy atom. The molecule has 0 radical (unpaired) electrons. The molecule has 0 saturated heterocycles. The van der Waals surface area contributed by atoms with Crippen molar-refractivity contribution < 1.29 is 8.42 Å². The molecular formula is C25H26N4O2S3. The third-order valence-electron chi connectivity index (χ3n) is 6.02. The first-order chi connectivity index (χ1) is 16.5. The lowest BCUT2D eigenvalue weighted by atomic mass is 9.97. The smallest absolute Gasteiger partial charge is 0.266 e. The highest BCUT2D eigenvalue weighted by molar-refractivity contribution is 7.98. The second-order valence-electron chi connectivity index (χ2n) is 8.08. The fourth-order valence-electron chi connectivity index (χ4n) is 4.45. The molecule has 2 heterocycles. The van der Waals surface area contributed by atoms with Crippen LogP contribution < -0.4 is 9.62 Å². The summed E-state index contributed by atoms with van der Waals surface area (Å²) in [6.07, 6.45) is 6.37. The topological polar surface area (TPSA) is 75.2 Å². The molecule has 1 aliphatic rings. The van der Waals surface area contributed by atoms with Crippen molar-refractivity contribution in [2.24, 2.45) is 0 Å². The van der Waals surface area contributed by atoms with E-state index < -0.39 is 10.0 Å². The van der Waals surface area contributed by atoms with Gasteiger partial charge in [0.15, 0.2) is 5.16 Å². The van der Waals surface area contributed by atoms with E-state index in [1.807, 2.05) is 49.6 Å². The van der Waals surface area contributed by atoms with E-state index >= 15 is 0 Å². The molecule has 34 heavy (non-hydrogen) atoms. The predicted octanol–water partition coefficient (Wildman–Crippen LogP) is 6.25. The van der Waals surface area contributed by atoms with Crippen LogP contribution in [-0.2, 0) is 22.9 Å². The van der Waals surface area contributed by atoms with Gasteiger partial charge in [-0.1, -0.05) is 42.1 Å². The average Bonchev–Trinajstić information content (AvgIpc) is 3.24.